The van der Waals surface area contributed by atoms with Gasteiger partial charge in [-0.05, 0) is 101 Å². The minimum atomic E-state index is -0.313. The average Bonchev–Trinajstić information content (AvgIpc) is 4.20. The van der Waals surface area contributed by atoms with Crippen LogP contribution in [-0.4, -0.2) is 91.4 Å². The Balaban J connectivity index is 0.000000166. The Morgan fingerprint density at radius 2 is 0.924 bits per heavy atom. The molecule has 12 nitrogen and oxygen atoms in total. The van der Waals surface area contributed by atoms with E-state index in [-0.39, 0.29) is 96.1 Å². The number of carbonyl (C=O) groups excluding carboxylic acids is 2. The third kappa shape index (κ3) is 9.34. The molecule has 6 heterocycles. The van der Waals surface area contributed by atoms with E-state index < -0.39 is 0 Å². The lowest BCUT2D eigenvalue weighted by Crippen LogP contribution is -2.51. The van der Waals surface area contributed by atoms with Crippen LogP contribution in [0.25, 0.3) is 12.2 Å². The van der Waals surface area contributed by atoms with Crippen molar-refractivity contribution in [1.82, 2.24) is 29.6 Å². The normalized spacial score (nSPS) is 30.7. The van der Waals surface area contributed by atoms with Gasteiger partial charge in [-0.25, -0.2) is 0 Å². The molecule has 0 unspecified atom stereocenters. The van der Waals surface area contributed by atoms with Gasteiger partial charge in [0.1, 0.15) is 0 Å². The number of aliphatic hydroxyl groups excluding tert-OH is 2. The predicted octanol–water partition coefficient (Wildman–Crippen LogP) is 6.97. The van der Waals surface area contributed by atoms with Gasteiger partial charge in [0.25, 0.3) is 11.1 Å². The summed E-state index contributed by atoms with van der Waals surface area (Å²) in [4.78, 5) is 58.4. The molecule has 4 aliphatic heterocycles. The number of rotatable bonds is 12. The fraction of sp³-hybridized carbons (Fsp3) is 0.704. The summed E-state index contributed by atoms with van der Waals surface area (Å²) in [7, 11) is 0. The second-order valence-corrected chi connectivity index (χ2v) is 21.4. The van der Waals surface area contributed by atoms with Crippen LogP contribution >= 0.6 is 0 Å². The second kappa shape index (κ2) is 21.2. The van der Waals surface area contributed by atoms with E-state index in [0.717, 1.165) is 50.2 Å². The molecule has 0 radical (unpaired) electrons. The molecule has 2 aromatic heterocycles. The molecular weight excluding hydrogens is 829 g/mol. The maximum atomic E-state index is 13.6. The molecule has 360 valence electrons. The van der Waals surface area contributed by atoms with E-state index in [0.29, 0.717) is 36.1 Å². The van der Waals surface area contributed by atoms with Crippen LogP contribution in [0.1, 0.15) is 164 Å². The van der Waals surface area contributed by atoms with Crippen molar-refractivity contribution in [3.05, 3.63) is 79.6 Å². The summed E-state index contributed by atoms with van der Waals surface area (Å²) >= 11 is 0. The third-order valence-electron chi connectivity index (χ3n) is 17.5. The fourth-order valence-corrected chi connectivity index (χ4v) is 14.3. The fourth-order valence-electron chi connectivity index (χ4n) is 14.3. The summed E-state index contributed by atoms with van der Waals surface area (Å²) in [6.07, 6.45) is 29.0. The first-order chi connectivity index (χ1) is 32.2. The van der Waals surface area contributed by atoms with Crippen LogP contribution in [0, 0.1) is 35.5 Å². The smallest absolute Gasteiger partial charge is 0.258 e. The van der Waals surface area contributed by atoms with Gasteiger partial charge < -0.3 is 30.0 Å². The summed E-state index contributed by atoms with van der Waals surface area (Å²) < 4.78 is 3.82. The molecule has 0 bridgehead atoms. The van der Waals surface area contributed by atoms with E-state index in [1.807, 2.05) is 59.4 Å². The molecule has 12 heteroatoms. The molecular formula is C54H78N6O6. The van der Waals surface area contributed by atoms with Gasteiger partial charge in [-0.1, -0.05) is 88.5 Å². The maximum absolute atomic E-state index is 13.6. The summed E-state index contributed by atoms with van der Waals surface area (Å²) in [5, 5.41) is 27.7. The van der Waals surface area contributed by atoms with Crippen molar-refractivity contribution < 1.29 is 19.8 Å². The number of carbonyl (C=O) groups is 2. The molecule has 4 N–H and O–H groups in total. The van der Waals surface area contributed by atoms with Crippen LogP contribution < -0.4 is 21.8 Å². The van der Waals surface area contributed by atoms with Gasteiger partial charge in [-0.15, -0.1) is 0 Å². The molecule has 8 atom stereocenters. The standard InChI is InChI=1S/2C27H39N3O3/c2*1-2-8-19-13-14-23-24-21(16-29(23)27(19)33)22(17-31)25(26(32)28-20-11-6-7-12-20)30(24)15-18-9-4-3-5-10-18/h2*2,8,13-14,18,20-22,24-25,31H,3-7,9-12,15-17H2,1H3,(H,28,32)/b8-2+;8-2-/t2*21-,22-,24+,25-/m00/s1. The van der Waals surface area contributed by atoms with Crippen molar-refractivity contribution in [2.75, 3.05) is 26.3 Å². The number of fused-ring (bicyclic) bond motifs is 6. The van der Waals surface area contributed by atoms with Crippen molar-refractivity contribution in [3.8, 4) is 0 Å². The van der Waals surface area contributed by atoms with Crippen molar-refractivity contribution in [2.24, 2.45) is 35.5 Å². The first-order valence-electron chi connectivity index (χ1n) is 26.3. The van der Waals surface area contributed by atoms with Crippen LogP contribution in [0.3, 0.4) is 0 Å². The van der Waals surface area contributed by atoms with Crippen molar-refractivity contribution in [3.63, 3.8) is 0 Å². The molecule has 2 saturated heterocycles. The lowest BCUT2D eigenvalue weighted by Gasteiger charge is -2.35. The number of likely N-dealkylation sites (tertiary alicyclic amines) is 2. The Bertz CT molecular complexity index is 2040. The quantitative estimate of drug-likeness (QED) is 0.179. The molecule has 6 fully saturated rings. The first kappa shape index (κ1) is 47.2. The van der Waals surface area contributed by atoms with Gasteiger partial charge in [-0.2, -0.15) is 0 Å². The SMILES string of the molecule is C/C=C/c1ccc2n(c1=O)C[C@H]1[C@H](CO)[C@@H](C(=O)NC3CCCC3)N(CC3CCCCC3)[C@@H]21.C/C=C\c1ccc2n(c1=O)C[C@H]1[C@H](CO)[C@@H](C(=O)NC3CCCC3)N(CC3CCCCC3)[C@@H]21. The number of nitrogens with one attached hydrogen (secondary N) is 2. The van der Waals surface area contributed by atoms with E-state index >= 15 is 0 Å². The Hall–Kier alpha value is -3.84. The van der Waals surface area contributed by atoms with E-state index in [4.69, 9.17) is 0 Å². The van der Waals surface area contributed by atoms with Gasteiger partial charge in [0.05, 0.1) is 24.2 Å². The van der Waals surface area contributed by atoms with E-state index in [9.17, 15) is 29.4 Å². The van der Waals surface area contributed by atoms with Gasteiger partial charge >= 0.3 is 0 Å². The summed E-state index contributed by atoms with van der Waals surface area (Å²) in [5.41, 5.74) is 3.53. The minimum absolute atomic E-state index is 0.0183. The summed E-state index contributed by atoms with van der Waals surface area (Å²) in [6.45, 7) is 6.75. The predicted molar refractivity (Wildman–Crippen MR) is 259 cm³/mol. The van der Waals surface area contributed by atoms with Crippen LogP contribution in [0.4, 0.5) is 0 Å². The van der Waals surface area contributed by atoms with Crippen molar-refractivity contribution in [2.45, 2.75) is 179 Å². The largest absolute Gasteiger partial charge is 0.396 e. The third-order valence-corrected chi connectivity index (χ3v) is 17.5. The highest BCUT2D eigenvalue weighted by Crippen LogP contribution is 2.51. The van der Waals surface area contributed by atoms with Crippen LogP contribution in [0.15, 0.2) is 46.0 Å². The van der Waals surface area contributed by atoms with E-state index in [1.165, 1.54) is 89.9 Å². The number of aromatic nitrogens is 2. The number of hydrogen-bond donors (Lipinski definition) is 4. The molecule has 4 aliphatic carbocycles. The highest BCUT2D eigenvalue weighted by molar-refractivity contribution is 5.84. The van der Waals surface area contributed by atoms with Gasteiger partial charge in [0.15, 0.2) is 0 Å². The zero-order valence-electron chi connectivity index (χ0n) is 39.8. The maximum Gasteiger partial charge on any atom is 0.258 e. The molecule has 4 saturated carbocycles. The lowest BCUT2D eigenvalue weighted by atomic mass is 9.88. The topological polar surface area (TPSA) is 149 Å². The highest BCUT2D eigenvalue weighted by atomic mass is 16.3. The Labute approximate surface area is 392 Å². The molecule has 0 aromatic carbocycles. The Morgan fingerprint density at radius 3 is 1.27 bits per heavy atom. The number of nitrogens with zero attached hydrogens (tertiary/aromatic N) is 4. The minimum Gasteiger partial charge on any atom is -0.396 e. The number of pyridine rings is 2. The van der Waals surface area contributed by atoms with Gasteiger partial charge in [0, 0.05) is 97.7 Å². The lowest BCUT2D eigenvalue weighted by molar-refractivity contribution is -0.129. The average molecular weight is 907 g/mol. The van der Waals surface area contributed by atoms with Crippen molar-refractivity contribution >= 4 is 24.0 Å². The molecule has 10 rings (SSSR count). The molecule has 2 amide bonds. The van der Waals surface area contributed by atoms with Crippen LogP contribution in [0.5, 0.6) is 0 Å². The van der Waals surface area contributed by atoms with E-state index in [1.54, 1.807) is 0 Å². The van der Waals surface area contributed by atoms with Crippen LogP contribution in [0.2, 0.25) is 0 Å². The monoisotopic (exact) mass is 907 g/mol. The van der Waals surface area contributed by atoms with Crippen LogP contribution in [-0.2, 0) is 22.7 Å². The van der Waals surface area contributed by atoms with E-state index in [2.05, 4.69) is 32.6 Å². The second-order valence-electron chi connectivity index (χ2n) is 21.4. The zero-order chi connectivity index (χ0) is 45.9. The highest BCUT2D eigenvalue weighted by Gasteiger charge is 2.57. The molecule has 0 spiro atoms. The zero-order valence-corrected chi connectivity index (χ0v) is 39.8. The van der Waals surface area contributed by atoms with Gasteiger partial charge in [0.2, 0.25) is 11.8 Å². The first-order valence-corrected chi connectivity index (χ1v) is 26.3. The van der Waals surface area contributed by atoms with Gasteiger partial charge in [-0.3, -0.25) is 29.0 Å². The number of aliphatic hydroxyl groups is 2. The number of amides is 2. The molecule has 66 heavy (non-hydrogen) atoms. The Morgan fingerprint density at radius 1 is 0.561 bits per heavy atom. The summed E-state index contributed by atoms with van der Waals surface area (Å²) in [5.74, 6) is 1.23. The summed E-state index contributed by atoms with van der Waals surface area (Å²) in [6, 6.07) is 7.98. The molecule has 8 aliphatic rings. The Kier molecular flexibility index (Phi) is 15.2. The van der Waals surface area contributed by atoms with Crippen molar-refractivity contribution in [1.29, 1.82) is 0 Å². The number of allylic oxidation sites excluding steroid dienone is 2. The molecule has 2 aromatic rings. The number of hydrogen-bond acceptors (Lipinski definition) is 8.